The molecule has 1 amide bonds. The number of nitrogens with one attached hydrogen (secondary N) is 1. The molecule has 0 radical (unpaired) electrons. The topological polar surface area (TPSA) is 50.2 Å². The molecule has 2 aromatic rings. The summed E-state index contributed by atoms with van der Waals surface area (Å²) >= 11 is 0. The maximum Gasteiger partial charge on any atom is 0.244 e. The lowest BCUT2D eigenvalue weighted by Crippen LogP contribution is -2.51. The Balaban J connectivity index is 1.42. The Labute approximate surface area is 146 Å². The third-order valence-corrected chi connectivity index (χ3v) is 5.23. The molecule has 0 spiro atoms. The van der Waals surface area contributed by atoms with Crippen LogP contribution < -0.4 is 10.2 Å². The Morgan fingerprint density at radius 2 is 2.12 bits per heavy atom. The van der Waals surface area contributed by atoms with Gasteiger partial charge >= 0.3 is 0 Å². The summed E-state index contributed by atoms with van der Waals surface area (Å²) in [4.78, 5) is 19.0. The standard InChI is InChI=1S/C19H23FN4O/c20-15-5-1-6-16(12-15)24-10-3-7-17(19(24)25)22-13-14-4-2-9-23-11-8-21-18(14)23/h1,5-6,8,11-12,14,17,22H,2-4,7,9-10,13H2/t14-,17+/m0/s1. The first-order valence-corrected chi connectivity index (χ1v) is 9.04. The molecule has 25 heavy (non-hydrogen) atoms. The normalized spacial score (nSPS) is 23.6. The van der Waals surface area contributed by atoms with Crippen LogP contribution in [0, 0.1) is 5.82 Å². The quantitative estimate of drug-likeness (QED) is 0.929. The van der Waals surface area contributed by atoms with E-state index in [9.17, 15) is 9.18 Å². The van der Waals surface area contributed by atoms with Crippen molar-refractivity contribution >= 4 is 11.6 Å². The van der Waals surface area contributed by atoms with Gasteiger partial charge in [-0.3, -0.25) is 4.79 Å². The second kappa shape index (κ2) is 6.96. The fraction of sp³-hybridized carbons (Fsp3) is 0.474. The highest BCUT2D eigenvalue weighted by Crippen LogP contribution is 2.26. The lowest BCUT2D eigenvalue weighted by atomic mass is 9.97. The van der Waals surface area contributed by atoms with Crippen LogP contribution in [0.5, 0.6) is 0 Å². The second-order valence-corrected chi connectivity index (χ2v) is 6.89. The monoisotopic (exact) mass is 342 g/mol. The highest BCUT2D eigenvalue weighted by atomic mass is 19.1. The van der Waals surface area contributed by atoms with Crippen molar-refractivity contribution in [1.29, 1.82) is 0 Å². The molecule has 1 saturated heterocycles. The van der Waals surface area contributed by atoms with Crippen LogP contribution in [0.2, 0.25) is 0 Å². The van der Waals surface area contributed by atoms with Crippen molar-refractivity contribution in [3.05, 3.63) is 48.3 Å². The Kier molecular flexibility index (Phi) is 4.53. The van der Waals surface area contributed by atoms with Crippen molar-refractivity contribution in [1.82, 2.24) is 14.9 Å². The van der Waals surface area contributed by atoms with Crippen LogP contribution >= 0.6 is 0 Å². The average molecular weight is 342 g/mol. The van der Waals surface area contributed by atoms with Gasteiger partial charge in [-0.1, -0.05) is 6.07 Å². The summed E-state index contributed by atoms with van der Waals surface area (Å²) in [5.41, 5.74) is 0.643. The summed E-state index contributed by atoms with van der Waals surface area (Å²) in [5, 5.41) is 3.45. The molecule has 0 aliphatic carbocycles. The van der Waals surface area contributed by atoms with E-state index in [-0.39, 0.29) is 17.8 Å². The third-order valence-electron chi connectivity index (χ3n) is 5.23. The van der Waals surface area contributed by atoms with Crippen molar-refractivity contribution in [3.63, 3.8) is 0 Å². The molecule has 0 saturated carbocycles. The molecule has 1 aromatic carbocycles. The summed E-state index contributed by atoms with van der Waals surface area (Å²) in [6, 6.07) is 6.07. The number of carbonyl (C=O) groups is 1. The Hall–Kier alpha value is -2.21. The lowest BCUT2D eigenvalue weighted by molar-refractivity contribution is -0.121. The first kappa shape index (κ1) is 16.3. The number of rotatable bonds is 4. The van der Waals surface area contributed by atoms with E-state index < -0.39 is 0 Å². The van der Waals surface area contributed by atoms with Gasteiger partial charge in [0.2, 0.25) is 5.91 Å². The van der Waals surface area contributed by atoms with E-state index in [0.717, 1.165) is 44.6 Å². The minimum atomic E-state index is -0.311. The van der Waals surface area contributed by atoms with Crippen LogP contribution in [0.25, 0.3) is 0 Å². The van der Waals surface area contributed by atoms with Gasteiger partial charge in [-0.05, 0) is 43.9 Å². The minimum absolute atomic E-state index is 0.0380. The maximum atomic E-state index is 13.5. The molecule has 2 aliphatic heterocycles. The van der Waals surface area contributed by atoms with E-state index in [1.54, 1.807) is 17.0 Å². The number of anilines is 1. The zero-order valence-corrected chi connectivity index (χ0v) is 14.2. The van der Waals surface area contributed by atoms with Gasteiger partial charge in [0.05, 0.1) is 6.04 Å². The van der Waals surface area contributed by atoms with Crippen molar-refractivity contribution < 1.29 is 9.18 Å². The number of amides is 1. The van der Waals surface area contributed by atoms with Gasteiger partial charge in [-0.2, -0.15) is 0 Å². The zero-order valence-electron chi connectivity index (χ0n) is 14.2. The molecule has 1 N–H and O–H groups in total. The highest BCUT2D eigenvalue weighted by Gasteiger charge is 2.31. The molecule has 2 atom stereocenters. The summed E-state index contributed by atoms with van der Waals surface area (Å²) in [6.45, 7) is 2.43. The zero-order chi connectivity index (χ0) is 17.2. The van der Waals surface area contributed by atoms with E-state index in [4.69, 9.17) is 0 Å². The van der Waals surface area contributed by atoms with Crippen molar-refractivity contribution in [2.24, 2.45) is 0 Å². The molecular formula is C19H23FN4O. The van der Waals surface area contributed by atoms with Crippen LogP contribution in [0.1, 0.15) is 37.4 Å². The number of nitrogens with zero attached hydrogens (tertiary/aromatic N) is 3. The number of piperidine rings is 1. The van der Waals surface area contributed by atoms with Gasteiger partial charge in [0.25, 0.3) is 0 Å². The van der Waals surface area contributed by atoms with Gasteiger partial charge in [-0.25, -0.2) is 9.37 Å². The predicted molar refractivity (Wildman–Crippen MR) is 94.0 cm³/mol. The molecule has 6 heteroatoms. The fourth-order valence-corrected chi connectivity index (χ4v) is 3.95. The highest BCUT2D eigenvalue weighted by molar-refractivity contribution is 5.97. The van der Waals surface area contributed by atoms with Crippen LogP contribution in [0.3, 0.4) is 0 Å². The van der Waals surface area contributed by atoms with Crippen LogP contribution in [0.4, 0.5) is 10.1 Å². The molecule has 1 fully saturated rings. The van der Waals surface area contributed by atoms with Gasteiger partial charge in [0.1, 0.15) is 11.6 Å². The molecule has 2 aliphatic rings. The van der Waals surface area contributed by atoms with Crippen molar-refractivity contribution in [2.45, 2.75) is 44.2 Å². The molecule has 4 rings (SSSR count). The third kappa shape index (κ3) is 3.31. The number of imidazole rings is 1. The van der Waals surface area contributed by atoms with Gasteiger partial charge < -0.3 is 14.8 Å². The number of aryl methyl sites for hydroxylation is 1. The molecule has 0 unspecified atom stereocenters. The van der Waals surface area contributed by atoms with Crippen LogP contribution in [-0.2, 0) is 11.3 Å². The SMILES string of the molecule is O=C1[C@H](NC[C@@H]2CCCn3ccnc32)CCCN1c1cccc(F)c1. The lowest BCUT2D eigenvalue weighted by Gasteiger charge is -2.34. The van der Waals surface area contributed by atoms with E-state index in [1.165, 1.54) is 12.1 Å². The summed E-state index contributed by atoms with van der Waals surface area (Å²) < 4.78 is 15.7. The smallest absolute Gasteiger partial charge is 0.244 e. The average Bonchev–Trinajstić information content (AvgIpc) is 3.10. The number of hydrogen-bond acceptors (Lipinski definition) is 3. The minimum Gasteiger partial charge on any atom is -0.335 e. The first-order chi connectivity index (χ1) is 12.2. The largest absolute Gasteiger partial charge is 0.335 e. The molecule has 0 bridgehead atoms. The summed E-state index contributed by atoms with van der Waals surface area (Å²) in [7, 11) is 0. The Bertz CT molecular complexity index is 759. The molecule has 132 valence electrons. The second-order valence-electron chi connectivity index (χ2n) is 6.89. The van der Waals surface area contributed by atoms with Gasteiger partial charge in [0.15, 0.2) is 0 Å². The number of benzene rings is 1. The van der Waals surface area contributed by atoms with Gasteiger partial charge in [0, 0.05) is 43.6 Å². The number of aromatic nitrogens is 2. The molecule has 3 heterocycles. The number of halogens is 1. The summed E-state index contributed by atoms with van der Waals surface area (Å²) in [6.07, 6.45) is 7.86. The number of carbonyl (C=O) groups excluding carboxylic acids is 1. The van der Waals surface area contributed by atoms with E-state index in [2.05, 4.69) is 14.9 Å². The van der Waals surface area contributed by atoms with E-state index in [0.29, 0.717) is 18.2 Å². The molecule has 1 aromatic heterocycles. The fourth-order valence-electron chi connectivity index (χ4n) is 3.95. The van der Waals surface area contributed by atoms with Crippen LogP contribution in [-0.4, -0.2) is 34.6 Å². The predicted octanol–water partition coefficient (Wildman–Crippen LogP) is 2.68. The summed E-state index contributed by atoms with van der Waals surface area (Å²) in [5.74, 6) is 1.19. The molecular weight excluding hydrogens is 319 g/mol. The maximum absolute atomic E-state index is 13.5. The molecule has 5 nitrogen and oxygen atoms in total. The van der Waals surface area contributed by atoms with Crippen molar-refractivity contribution in [3.8, 4) is 0 Å². The number of hydrogen-bond donors (Lipinski definition) is 1. The van der Waals surface area contributed by atoms with Gasteiger partial charge in [-0.15, -0.1) is 0 Å². The van der Waals surface area contributed by atoms with E-state index >= 15 is 0 Å². The van der Waals surface area contributed by atoms with Crippen LogP contribution in [0.15, 0.2) is 36.7 Å². The van der Waals surface area contributed by atoms with E-state index in [1.807, 2.05) is 12.4 Å². The number of fused-ring (bicyclic) bond motifs is 1. The Morgan fingerprint density at radius 1 is 1.24 bits per heavy atom. The first-order valence-electron chi connectivity index (χ1n) is 9.04. The Morgan fingerprint density at radius 3 is 3.00 bits per heavy atom. The van der Waals surface area contributed by atoms with Crippen molar-refractivity contribution in [2.75, 3.05) is 18.0 Å².